The smallest absolute Gasteiger partial charge is 0.317 e. The maximum absolute atomic E-state index is 12.4. The average molecular weight is 343 g/mol. The molecule has 0 spiro atoms. The van der Waals surface area contributed by atoms with Crippen molar-refractivity contribution in [2.24, 2.45) is 11.8 Å². The number of fused-ring (bicyclic) bond motifs is 5. The van der Waals surface area contributed by atoms with Crippen LogP contribution in [-0.2, 0) is 11.3 Å². The van der Waals surface area contributed by atoms with Crippen molar-refractivity contribution in [2.75, 3.05) is 33.2 Å². The molecule has 25 heavy (non-hydrogen) atoms. The van der Waals surface area contributed by atoms with Gasteiger partial charge in [-0.1, -0.05) is 30.3 Å². The predicted octanol–water partition coefficient (Wildman–Crippen LogP) is 2.33. The van der Waals surface area contributed by atoms with Crippen LogP contribution in [0.4, 0.5) is 4.79 Å². The molecule has 136 valence electrons. The van der Waals surface area contributed by atoms with Crippen LogP contribution in [0.3, 0.4) is 0 Å². The zero-order valence-electron chi connectivity index (χ0n) is 15.1. The van der Waals surface area contributed by atoms with Gasteiger partial charge in [0, 0.05) is 38.0 Å². The Bertz CT molecular complexity index is 576. The zero-order chi connectivity index (χ0) is 17.2. The summed E-state index contributed by atoms with van der Waals surface area (Å²) in [5.41, 5.74) is 1.33. The van der Waals surface area contributed by atoms with Crippen molar-refractivity contribution in [3.05, 3.63) is 35.9 Å². The molecule has 5 nitrogen and oxygen atoms in total. The molecule has 2 bridgehead atoms. The van der Waals surface area contributed by atoms with Gasteiger partial charge >= 0.3 is 6.03 Å². The number of urea groups is 1. The third-order valence-electron chi connectivity index (χ3n) is 6.03. The maximum atomic E-state index is 12.4. The quantitative estimate of drug-likeness (QED) is 0.807. The number of hydrogen-bond donors (Lipinski definition) is 1. The van der Waals surface area contributed by atoms with E-state index >= 15 is 0 Å². The molecular weight excluding hydrogens is 314 g/mol. The van der Waals surface area contributed by atoms with Gasteiger partial charge < -0.3 is 19.9 Å². The Morgan fingerprint density at radius 3 is 2.56 bits per heavy atom. The largest absolute Gasteiger partial charge is 0.374 e. The first-order chi connectivity index (χ1) is 12.2. The van der Waals surface area contributed by atoms with Gasteiger partial charge in [0.2, 0.25) is 0 Å². The van der Waals surface area contributed by atoms with Crippen LogP contribution in [0.2, 0.25) is 0 Å². The molecule has 3 aliphatic heterocycles. The van der Waals surface area contributed by atoms with Gasteiger partial charge in [0.05, 0.1) is 12.2 Å². The minimum Gasteiger partial charge on any atom is -0.374 e. The molecule has 3 aliphatic rings. The first-order valence-electron chi connectivity index (χ1n) is 9.61. The van der Waals surface area contributed by atoms with E-state index in [0.717, 1.165) is 39.1 Å². The third-order valence-corrected chi connectivity index (χ3v) is 6.03. The van der Waals surface area contributed by atoms with Crippen molar-refractivity contribution in [3.63, 3.8) is 0 Å². The van der Waals surface area contributed by atoms with Gasteiger partial charge in [-0.25, -0.2) is 4.79 Å². The predicted molar refractivity (Wildman–Crippen MR) is 97.2 cm³/mol. The lowest BCUT2D eigenvalue weighted by Gasteiger charge is -2.20. The third kappa shape index (κ3) is 3.67. The highest BCUT2D eigenvalue weighted by Crippen LogP contribution is 2.47. The molecular formula is C20H29N3O2. The molecule has 0 aromatic heterocycles. The minimum absolute atomic E-state index is 0.111. The minimum atomic E-state index is 0.111. The molecule has 1 aromatic rings. The van der Waals surface area contributed by atoms with Gasteiger partial charge in [0.25, 0.3) is 0 Å². The normalized spacial score (nSPS) is 30.1. The Hall–Kier alpha value is -1.59. The molecule has 2 amide bonds. The fraction of sp³-hybridized carbons (Fsp3) is 0.650. The van der Waals surface area contributed by atoms with E-state index in [0.29, 0.717) is 24.0 Å². The lowest BCUT2D eigenvalue weighted by atomic mass is 9.82. The summed E-state index contributed by atoms with van der Waals surface area (Å²) >= 11 is 0. The maximum Gasteiger partial charge on any atom is 0.317 e. The van der Waals surface area contributed by atoms with Crippen LogP contribution in [0.1, 0.15) is 24.8 Å². The molecule has 5 heteroatoms. The second-order valence-electron chi connectivity index (χ2n) is 7.83. The Labute approximate surface area is 150 Å². The van der Waals surface area contributed by atoms with Crippen LogP contribution in [0.25, 0.3) is 0 Å². The average Bonchev–Trinajstić information content (AvgIpc) is 3.32. The van der Waals surface area contributed by atoms with E-state index in [-0.39, 0.29) is 6.03 Å². The van der Waals surface area contributed by atoms with E-state index in [9.17, 15) is 4.79 Å². The summed E-state index contributed by atoms with van der Waals surface area (Å²) in [6.45, 7) is 4.44. The molecule has 1 N–H and O–H groups in total. The summed E-state index contributed by atoms with van der Waals surface area (Å²) < 4.78 is 5.98. The Balaban J connectivity index is 1.14. The van der Waals surface area contributed by atoms with Crippen molar-refractivity contribution < 1.29 is 9.53 Å². The first-order valence-corrected chi connectivity index (χ1v) is 9.61. The van der Waals surface area contributed by atoms with Crippen molar-refractivity contribution in [1.29, 1.82) is 0 Å². The number of nitrogens with zero attached hydrogens (tertiary/aromatic N) is 2. The number of ether oxygens (including phenoxy) is 1. The molecule has 0 aliphatic carbocycles. The second-order valence-corrected chi connectivity index (χ2v) is 7.83. The Morgan fingerprint density at radius 2 is 1.88 bits per heavy atom. The van der Waals surface area contributed by atoms with E-state index in [4.69, 9.17) is 4.74 Å². The van der Waals surface area contributed by atoms with Crippen LogP contribution in [0, 0.1) is 11.8 Å². The summed E-state index contributed by atoms with van der Waals surface area (Å²) in [4.78, 5) is 16.7. The molecule has 0 radical (unpaired) electrons. The highest BCUT2D eigenvalue weighted by atomic mass is 16.5. The summed E-state index contributed by atoms with van der Waals surface area (Å²) in [5, 5.41) is 3.10. The van der Waals surface area contributed by atoms with Gasteiger partial charge in [-0.05, 0) is 38.4 Å². The number of hydrogen-bond acceptors (Lipinski definition) is 3. The monoisotopic (exact) mass is 343 g/mol. The Kier molecular flexibility index (Phi) is 4.95. The molecule has 1 aromatic carbocycles. The number of carbonyl (C=O) groups is 1. The summed E-state index contributed by atoms with van der Waals surface area (Å²) in [7, 11) is 2.13. The number of likely N-dealkylation sites (tertiary alicyclic amines) is 1. The van der Waals surface area contributed by atoms with E-state index in [2.05, 4.69) is 41.5 Å². The van der Waals surface area contributed by atoms with Crippen molar-refractivity contribution in [1.82, 2.24) is 15.1 Å². The number of benzene rings is 1. The van der Waals surface area contributed by atoms with Gasteiger partial charge in [-0.15, -0.1) is 0 Å². The van der Waals surface area contributed by atoms with Crippen LogP contribution in [0.15, 0.2) is 30.3 Å². The number of carbonyl (C=O) groups excluding carboxylic acids is 1. The van der Waals surface area contributed by atoms with Crippen molar-refractivity contribution in [3.8, 4) is 0 Å². The molecule has 3 fully saturated rings. The zero-order valence-corrected chi connectivity index (χ0v) is 15.1. The summed E-state index contributed by atoms with van der Waals surface area (Å²) in [6.07, 6.45) is 4.19. The molecule has 4 rings (SSSR count). The fourth-order valence-electron chi connectivity index (χ4n) is 4.76. The molecule has 0 saturated carbocycles. The molecule has 3 saturated heterocycles. The number of amides is 2. The van der Waals surface area contributed by atoms with Gasteiger partial charge in [0.15, 0.2) is 0 Å². The van der Waals surface area contributed by atoms with Crippen molar-refractivity contribution in [2.45, 2.75) is 38.0 Å². The van der Waals surface area contributed by atoms with Gasteiger partial charge in [-0.3, -0.25) is 0 Å². The second kappa shape index (κ2) is 7.34. The van der Waals surface area contributed by atoms with Crippen molar-refractivity contribution >= 4 is 6.03 Å². The standard InChI is InChI=1S/C20H29N3O2/c1-22(12-15-6-3-2-4-7-15)11-5-10-21-20(24)23-13-16-17(14-23)19-9-8-18(16)25-19/h2-4,6-7,16-19H,5,8-14H2,1H3,(H,21,24)/t16-,17-,18+,19+/m0/s1. The van der Waals surface area contributed by atoms with Crippen LogP contribution in [0.5, 0.6) is 0 Å². The summed E-state index contributed by atoms with van der Waals surface area (Å²) in [5.74, 6) is 1.17. The van der Waals surface area contributed by atoms with E-state index in [1.807, 2.05) is 11.0 Å². The van der Waals surface area contributed by atoms with Crippen LogP contribution < -0.4 is 5.32 Å². The lowest BCUT2D eigenvalue weighted by Crippen LogP contribution is -2.40. The number of nitrogens with one attached hydrogen (secondary N) is 1. The highest BCUT2D eigenvalue weighted by Gasteiger charge is 2.53. The first kappa shape index (κ1) is 16.9. The van der Waals surface area contributed by atoms with E-state index in [1.54, 1.807) is 0 Å². The lowest BCUT2D eigenvalue weighted by molar-refractivity contribution is 0.0739. The molecule has 4 atom stereocenters. The van der Waals surface area contributed by atoms with E-state index in [1.165, 1.54) is 18.4 Å². The molecule has 3 heterocycles. The number of rotatable bonds is 6. The molecule has 0 unspecified atom stereocenters. The fourth-order valence-corrected chi connectivity index (χ4v) is 4.76. The summed E-state index contributed by atoms with van der Waals surface area (Å²) in [6, 6.07) is 10.6. The Morgan fingerprint density at radius 1 is 1.20 bits per heavy atom. The van der Waals surface area contributed by atoms with Gasteiger partial charge in [-0.2, -0.15) is 0 Å². The SMILES string of the molecule is CN(CCCNC(=O)N1C[C@H]2[C@H](C1)[C@H]1CC[C@H]2O1)Cc1ccccc1. The van der Waals surface area contributed by atoms with Crippen LogP contribution in [-0.4, -0.2) is 61.3 Å². The topological polar surface area (TPSA) is 44.8 Å². The van der Waals surface area contributed by atoms with Crippen LogP contribution >= 0.6 is 0 Å². The van der Waals surface area contributed by atoms with E-state index < -0.39 is 0 Å². The highest BCUT2D eigenvalue weighted by molar-refractivity contribution is 5.74. The van der Waals surface area contributed by atoms with Gasteiger partial charge in [0.1, 0.15) is 0 Å².